The average Bonchev–Trinajstić information content (AvgIpc) is 2.32. The summed E-state index contributed by atoms with van der Waals surface area (Å²) in [6.07, 6.45) is 5.39. The van der Waals surface area contributed by atoms with Crippen molar-refractivity contribution in [1.82, 2.24) is 0 Å². The SMILES string of the molecule is C1=C[NH2+]C=N1.O=S(=O)([O-])O.O=[P+](O)O. The Kier molecular flexibility index (Phi) is 9.93. The molecule has 1 aliphatic heterocycles. The molecule has 0 saturated carbocycles. The Hall–Kier alpha value is -0.740. The van der Waals surface area contributed by atoms with Crippen molar-refractivity contribution in [3.8, 4) is 0 Å². The van der Waals surface area contributed by atoms with Gasteiger partial charge < -0.3 is 4.55 Å². The van der Waals surface area contributed by atoms with Gasteiger partial charge in [0.05, 0.1) is 6.20 Å². The van der Waals surface area contributed by atoms with Gasteiger partial charge in [0.2, 0.25) is 10.4 Å². The number of aliphatic imine (C=N–C) groups is 1. The summed E-state index contributed by atoms with van der Waals surface area (Å²) in [4.78, 5) is 18.0. The van der Waals surface area contributed by atoms with Crippen LogP contribution in [0.4, 0.5) is 0 Å². The van der Waals surface area contributed by atoms with Crippen LogP contribution in [0.15, 0.2) is 17.4 Å². The first kappa shape index (κ1) is 15.7. The van der Waals surface area contributed by atoms with Crippen molar-refractivity contribution in [2.24, 2.45) is 4.99 Å². The van der Waals surface area contributed by atoms with Gasteiger partial charge in [-0.2, -0.15) is 0 Å². The minimum Gasteiger partial charge on any atom is -0.726 e. The molecule has 1 rings (SSSR count). The van der Waals surface area contributed by atoms with Crippen LogP contribution in [0.1, 0.15) is 0 Å². The largest absolute Gasteiger partial charge is 0.726 e. The molecule has 11 heteroatoms. The second kappa shape index (κ2) is 8.84. The number of nitrogens with zero attached hydrogens (tertiary/aromatic N) is 1. The number of nitrogens with two attached hydrogens (primary N) is 1. The van der Waals surface area contributed by atoms with Gasteiger partial charge in [-0.05, 0) is 0 Å². The fourth-order valence-corrected chi connectivity index (χ4v) is 0.248. The summed E-state index contributed by atoms with van der Waals surface area (Å²) < 4.78 is 41.5. The van der Waals surface area contributed by atoms with E-state index in [0.717, 1.165) is 0 Å². The van der Waals surface area contributed by atoms with Gasteiger partial charge in [-0.25, -0.2) is 13.4 Å². The number of rotatable bonds is 0. The number of hydrogen-bond acceptors (Lipinski definition) is 5. The molecule has 0 aromatic heterocycles. The lowest BCUT2D eigenvalue weighted by Crippen LogP contribution is -2.74. The molecule has 0 aliphatic carbocycles. The first-order valence-electron chi connectivity index (χ1n) is 2.78. The molecule has 9 nitrogen and oxygen atoms in total. The molecular weight excluding hydrogens is 239 g/mol. The van der Waals surface area contributed by atoms with Crippen LogP contribution in [0.2, 0.25) is 0 Å². The Morgan fingerprint density at radius 3 is 1.86 bits per heavy atom. The number of hydrogen-bond donors (Lipinski definition) is 4. The smallest absolute Gasteiger partial charge is 0.692 e. The lowest BCUT2D eigenvalue weighted by Gasteiger charge is -1.88. The van der Waals surface area contributed by atoms with Gasteiger partial charge in [-0.3, -0.25) is 9.87 Å². The fraction of sp³-hybridized carbons (Fsp3) is 0. The molecule has 0 aromatic rings. The minimum absolute atomic E-state index is 1.75. The highest BCUT2D eigenvalue weighted by molar-refractivity contribution is 7.79. The maximum absolute atomic E-state index is 8.70. The zero-order valence-electron chi connectivity index (χ0n) is 6.59. The highest BCUT2D eigenvalue weighted by atomic mass is 32.3. The second-order valence-electron chi connectivity index (χ2n) is 1.51. The van der Waals surface area contributed by atoms with Gasteiger partial charge in [0.1, 0.15) is 6.20 Å². The van der Waals surface area contributed by atoms with E-state index in [1.165, 1.54) is 0 Å². The number of quaternary nitrogens is 1. The zero-order valence-corrected chi connectivity index (χ0v) is 8.30. The maximum Gasteiger partial charge on any atom is 0.692 e. The third-order valence-electron chi connectivity index (χ3n) is 0.455. The quantitative estimate of drug-likeness (QED) is 0.212. The van der Waals surface area contributed by atoms with Crippen LogP contribution in [0.5, 0.6) is 0 Å². The Morgan fingerprint density at radius 2 is 1.79 bits per heavy atom. The van der Waals surface area contributed by atoms with E-state index in [-0.39, 0.29) is 0 Å². The predicted molar refractivity (Wildman–Crippen MR) is 43.9 cm³/mol. The van der Waals surface area contributed by atoms with E-state index in [4.69, 9.17) is 31.9 Å². The van der Waals surface area contributed by atoms with E-state index in [2.05, 4.69) is 4.99 Å². The summed E-state index contributed by atoms with van der Waals surface area (Å²) in [5, 5.41) is 1.89. The molecule has 5 N–H and O–H groups in total. The molecule has 0 spiro atoms. The lowest BCUT2D eigenvalue weighted by atomic mass is 11.0. The van der Waals surface area contributed by atoms with E-state index in [0.29, 0.717) is 0 Å². The van der Waals surface area contributed by atoms with Gasteiger partial charge in [-0.1, -0.05) is 0 Å². The van der Waals surface area contributed by atoms with Crippen LogP contribution in [0, 0.1) is 0 Å². The molecule has 1 heterocycles. The Balaban J connectivity index is 0. The molecule has 0 bridgehead atoms. The van der Waals surface area contributed by atoms with Crippen LogP contribution in [-0.2, 0) is 15.0 Å². The van der Waals surface area contributed by atoms with Crippen LogP contribution in [0.25, 0.3) is 0 Å². The molecule has 0 fully saturated rings. The van der Waals surface area contributed by atoms with E-state index in [1.54, 1.807) is 12.5 Å². The van der Waals surface area contributed by atoms with Crippen molar-refractivity contribution < 1.29 is 37.2 Å². The summed E-state index contributed by atoms with van der Waals surface area (Å²) in [5.41, 5.74) is 0. The standard InChI is InChI=1S/C3H4N2.H2O4S.HO3P/c1-2-5-3-4-1;1-5(2,3)4;1-4(2)3/h1-3H,(H,4,5);(H2,1,2,3,4);(H-,1,2,3)/p+1. The van der Waals surface area contributed by atoms with Gasteiger partial charge in [0, 0.05) is 4.57 Å². The lowest BCUT2D eigenvalue weighted by molar-refractivity contribution is -0.447. The third-order valence-corrected chi connectivity index (χ3v) is 0.455. The van der Waals surface area contributed by atoms with Gasteiger partial charge in [0.25, 0.3) is 0 Å². The zero-order chi connectivity index (χ0) is 11.6. The molecule has 82 valence electrons. The van der Waals surface area contributed by atoms with Crippen molar-refractivity contribution in [3.63, 3.8) is 0 Å². The molecule has 1 aliphatic rings. The van der Waals surface area contributed by atoms with Crippen molar-refractivity contribution >= 4 is 25.0 Å². The first-order chi connectivity index (χ1) is 6.23. The first-order valence-corrected chi connectivity index (χ1v) is 5.31. The van der Waals surface area contributed by atoms with Gasteiger partial charge >= 0.3 is 8.25 Å². The van der Waals surface area contributed by atoms with E-state index in [1.807, 2.05) is 11.5 Å². The normalized spacial score (nSPS) is 12.3. The molecule has 14 heavy (non-hydrogen) atoms. The van der Waals surface area contributed by atoms with E-state index >= 15 is 0 Å². The molecular formula is C3H8N2O7PS+. The van der Waals surface area contributed by atoms with Crippen molar-refractivity contribution in [1.29, 1.82) is 0 Å². The average molecular weight is 247 g/mol. The Morgan fingerprint density at radius 1 is 1.43 bits per heavy atom. The molecule has 0 atom stereocenters. The molecule has 0 aromatic carbocycles. The molecule has 0 radical (unpaired) electrons. The molecule has 0 unspecified atom stereocenters. The Labute approximate surface area is 80.3 Å². The molecule has 0 amide bonds. The topological polar surface area (TPSA) is 164 Å². The highest BCUT2D eigenvalue weighted by Crippen LogP contribution is 1.98. The summed E-state index contributed by atoms with van der Waals surface area (Å²) in [7, 11) is -7.79. The monoisotopic (exact) mass is 247 g/mol. The van der Waals surface area contributed by atoms with E-state index < -0.39 is 18.7 Å². The summed E-state index contributed by atoms with van der Waals surface area (Å²) in [6.45, 7) is 0. The minimum atomic E-state index is -4.92. The van der Waals surface area contributed by atoms with Crippen molar-refractivity contribution in [2.45, 2.75) is 0 Å². The Bertz CT molecular complexity index is 287. The van der Waals surface area contributed by atoms with Gasteiger partial charge in [0.15, 0.2) is 6.34 Å². The predicted octanol–water partition coefficient (Wildman–Crippen LogP) is -2.30. The van der Waals surface area contributed by atoms with Crippen molar-refractivity contribution in [3.05, 3.63) is 12.4 Å². The summed E-state index contributed by atoms with van der Waals surface area (Å²) in [5.74, 6) is 0. The van der Waals surface area contributed by atoms with Crippen molar-refractivity contribution in [2.75, 3.05) is 0 Å². The van der Waals surface area contributed by atoms with Gasteiger partial charge in [-0.15, -0.1) is 9.79 Å². The molecule has 0 saturated heterocycles. The fourth-order valence-electron chi connectivity index (χ4n) is 0.248. The van der Waals surface area contributed by atoms with Crippen LogP contribution in [-0.4, -0.2) is 33.6 Å². The highest BCUT2D eigenvalue weighted by Gasteiger charge is 1.93. The summed E-state index contributed by atoms with van der Waals surface area (Å²) in [6, 6.07) is 0. The second-order valence-corrected chi connectivity index (χ2v) is 2.87. The summed E-state index contributed by atoms with van der Waals surface area (Å²) >= 11 is 0. The van der Waals surface area contributed by atoms with Crippen LogP contribution in [0.3, 0.4) is 0 Å². The van der Waals surface area contributed by atoms with Crippen LogP contribution < -0.4 is 5.32 Å². The van der Waals surface area contributed by atoms with E-state index in [9.17, 15) is 0 Å². The van der Waals surface area contributed by atoms with Crippen LogP contribution >= 0.6 is 8.25 Å². The third kappa shape index (κ3) is 65.3. The maximum atomic E-state index is 8.70.